The number of anilines is 1. The molecule has 1 aromatic rings. The SMILES string of the molecule is CCOC1CC(Nc2cnn(C(C)C)c2)C1(C)C. The number of rotatable bonds is 5. The summed E-state index contributed by atoms with van der Waals surface area (Å²) in [5.74, 6) is 0. The summed E-state index contributed by atoms with van der Waals surface area (Å²) in [4.78, 5) is 0. The Morgan fingerprint density at radius 2 is 2.28 bits per heavy atom. The summed E-state index contributed by atoms with van der Waals surface area (Å²) in [6.45, 7) is 11.7. The molecule has 1 N–H and O–H groups in total. The highest BCUT2D eigenvalue weighted by Gasteiger charge is 2.48. The van der Waals surface area contributed by atoms with Crippen molar-refractivity contribution in [2.75, 3.05) is 11.9 Å². The lowest BCUT2D eigenvalue weighted by atomic mass is 9.64. The Bertz CT molecular complexity index is 397. The van der Waals surface area contributed by atoms with E-state index < -0.39 is 0 Å². The van der Waals surface area contributed by atoms with Crippen LogP contribution in [0, 0.1) is 5.41 Å². The van der Waals surface area contributed by atoms with Gasteiger partial charge in [-0.2, -0.15) is 5.10 Å². The minimum Gasteiger partial charge on any atom is -0.379 e. The van der Waals surface area contributed by atoms with Crippen molar-refractivity contribution in [1.82, 2.24) is 9.78 Å². The molecule has 0 aliphatic heterocycles. The average Bonchev–Trinajstić information content (AvgIpc) is 2.76. The van der Waals surface area contributed by atoms with Crippen LogP contribution in [0.1, 0.15) is 47.1 Å². The number of nitrogens with one attached hydrogen (secondary N) is 1. The van der Waals surface area contributed by atoms with Gasteiger partial charge in [-0.1, -0.05) is 13.8 Å². The van der Waals surface area contributed by atoms with Gasteiger partial charge in [0, 0.05) is 30.3 Å². The summed E-state index contributed by atoms with van der Waals surface area (Å²) >= 11 is 0. The zero-order valence-corrected chi connectivity index (χ0v) is 12.1. The van der Waals surface area contributed by atoms with Crippen LogP contribution in [0.25, 0.3) is 0 Å². The zero-order valence-electron chi connectivity index (χ0n) is 12.1. The molecular weight excluding hydrogens is 226 g/mol. The molecule has 0 aromatic carbocycles. The molecular formula is C14H25N3O. The van der Waals surface area contributed by atoms with Gasteiger partial charge >= 0.3 is 0 Å². The number of hydrogen-bond acceptors (Lipinski definition) is 3. The third-order valence-electron chi connectivity index (χ3n) is 4.02. The van der Waals surface area contributed by atoms with Crippen molar-refractivity contribution in [3.05, 3.63) is 12.4 Å². The van der Waals surface area contributed by atoms with E-state index in [2.05, 4.69) is 51.2 Å². The Hall–Kier alpha value is -1.03. The molecule has 1 aliphatic carbocycles. The van der Waals surface area contributed by atoms with E-state index in [4.69, 9.17) is 4.74 Å². The normalized spacial score (nSPS) is 26.1. The van der Waals surface area contributed by atoms with Crippen molar-refractivity contribution in [1.29, 1.82) is 0 Å². The van der Waals surface area contributed by atoms with Crippen LogP contribution in [0.5, 0.6) is 0 Å². The Kier molecular flexibility index (Phi) is 3.66. The second-order valence-corrected chi connectivity index (χ2v) is 6.00. The molecule has 18 heavy (non-hydrogen) atoms. The quantitative estimate of drug-likeness (QED) is 0.874. The second kappa shape index (κ2) is 4.92. The molecule has 2 unspecified atom stereocenters. The lowest BCUT2D eigenvalue weighted by Crippen LogP contribution is -2.58. The summed E-state index contributed by atoms with van der Waals surface area (Å²) in [6.07, 6.45) is 5.44. The van der Waals surface area contributed by atoms with E-state index in [1.807, 2.05) is 10.9 Å². The largest absolute Gasteiger partial charge is 0.379 e. The van der Waals surface area contributed by atoms with Gasteiger partial charge < -0.3 is 10.1 Å². The third kappa shape index (κ3) is 2.39. The van der Waals surface area contributed by atoms with Crippen molar-refractivity contribution >= 4 is 5.69 Å². The zero-order chi connectivity index (χ0) is 13.3. The summed E-state index contributed by atoms with van der Waals surface area (Å²) in [5.41, 5.74) is 1.30. The van der Waals surface area contributed by atoms with Crippen LogP contribution in [-0.4, -0.2) is 28.5 Å². The highest BCUT2D eigenvalue weighted by molar-refractivity contribution is 5.41. The number of ether oxygens (including phenoxy) is 1. The summed E-state index contributed by atoms with van der Waals surface area (Å²) < 4.78 is 7.72. The maximum atomic E-state index is 5.74. The van der Waals surface area contributed by atoms with Crippen LogP contribution < -0.4 is 5.32 Å². The van der Waals surface area contributed by atoms with Crippen LogP contribution in [0.3, 0.4) is 0 Å². The lowest BCUT2D eigenvalue weighted by Gasteiger charge is -2.51. The molecule has 1 saturated carbocycles. The predicted molar refractivity (Wildman–Crippen MR) is 73.8 cm³/mol. The Morgan fingerprint density at radius 3 is 2.78 bits per heavy atom. The van der Waals surface area contributed by atoms with E-state index in [0.717, 1.165) is 18.7 Å². The van der Waals surface area contributed by atoms with Crippen molar-refractivity contribution in [2.45, 2.75) is 59.2 Å². The van der Waals surface area contributed by atoms with E-state index in [-0.39, 0.29) is 5.41 Å². The van der Waals surface area contributed by atoms with Gasteiger partial charge in [0.25, 0.3) is 0 Å². The van der Waals surface area contributed by atoms with Crippen molar-refractivity contribution < 1.29 is 4.74 Å². The van der Waals surface area contributed by atoms with Gasteiger partial charge in [0.05, 0.1) is 18.0 Å². The van der Waals surface area contributed by atoms with Crippen LogP contribution in [0.15, 0.2) is 12.4 Å². The molecule has 102 valence electrons. The number of nitrogens with zero attached hydrogens (tertiary/aromatic N) is 2. The third-order valence-corrected chi connectivity index (χ3v) is 4.02. The van der Waals surface area contributed by atoms with E-state index in [1.165, 1.54) is 0 Å². The number of aromatic nitrogens is 2. The van der Waals surface area contributed by atoms with Gasteiger partial charge in [-0.25, -0.2) is 0 Å². The predicted octanol–water partition coefficient (Wildman–Crippen LogP) is 3.08. The summed E-state index contributed by atoms with van der Waals surface area (Å²) in [7, 11) is 0. The van der Waals surface area contributed by atoms with Crippen LogP contribution in [0.2, 0.25) is 0 Å². The summed E-state index contributed by atoms with van der Waals surface area (Å²) in [6, 6.07) is 0.880. The maximum Gasteiger partial charge on any atom is 0.0728 e. The molecule has 1 aliphatic rings. The van der Waals surface area contributed by atoms with Gasteiger partial charge in [0.15, 0.2) is 0 Å². The smallest absolute Gasteiger partial charge is 0.0728 e. The van der Waals surface area contributed by atoms with Crippen molar-refractivity contribution in [3.63, 3.8) is 0 Å². The molecule has 0 bridgehead atoms. The molecule has 0 spiro atoms. The highest BCUT2D eigenvalue weighted by atomic mass is 16.5. The molecule has 4 heteroatoms. The minimum absolute atomic E-state index is 0.190. The first-order valence-corrected chi connectivity index (χ1v) is 6.87. The highest BCUT2D eigenvalue weighted by Crippen LogP contribution is 2.44. The molecule has 1 heterocycles. The topological polar surface area (TPSA) is 39.1 Å². The molecule has 0 amide bonds. The first-order valence-electron chi connectivity index (χ1n) is 6.87. The van der Waals surface area contributed by atoms with Crippen molar-refractivity contribution in [3.8, 4) is 0 Å². The standard InChI is InChI=1S/C14H25N3O/c1-6-18-13-7-12(14(13,4)5)16-11-8-15-17(9-11)10(2)3/h8-10,12-13,16H,6-7H2,1-5H3. The summed E-state index contributed by atoms with van der Waals surface area (Å²) in [5, 5.41) is 7.92. The molecule has 0 saturated heterocycles. The van der Waals surface area contributed by atoms with Crippen LogP contribution in [0.4, 0.5) is 5.69 Å². The van der Waals surface area contributed by atoms with Crippen molar-refractivity contribution in [2.24, 2.45) is 5.41 Å². The van der Waals surface area contributed by atoms with Gasteiger partial charge in [-0.05, 0) is 27.2 Å². The molecule has 1 fully saturated rings. The van der Waals surface area contributed by atoms with Gasteiger partial charge in [-0.15, -0.1) is 0 Å². The maximum absolute atomic E-state index is 5.74. The Morgan fingerprint density at radius 1 is 1.56 bits per heavy atom. The van der Waals surface area contributed by atoms with Crippen LogP contribution in [-0.2, 0) is 4.74 Å². The molecule has 4 nitrogen and oxygen atoms in total. The minimum atomic E-state index is 0.190. The van der Waals surface area contributed by atoms with E-state index in [0.29, 0.717) is 18.2 Å². The Balaban J connectivity index is 1.94. The second-order valence-electron chi connectivity index (χ2n) is 6.00. The van der Waals surface area contributed by atoms with Crippen LogP contribution >= 0.6 is 0 Å². The molecule has 2 rings (SSSR count). The lowest BCUT2D eigenvalue weighted by molar-refractivity contribution is -0.0975. The monoisotopic (exact) mass is 251 g/mol. The fraction of sp³-hybridized carbons (Fsp3) is 0.786. The van der Waals surface area contributed by atoms with Gasteiger partial charge in [0.1, 0.15) is 0 Å². The molecule has 1 aromatic heterocycles. The fourth-order valence-electron chi connectivity index (χ4n) is 2.51. The van der Waals surface area contributed by atoms with E-state index >= 15 is 0 Å². The average molecular weight is 251 g/mol. The molecule has 0 radical (unpaired) electrons. The molecule has 2 atom stereocenters. The van der Waals surface area contributed by atoms with E-state index in [9.17, 15) is 0 Å². The Labute approximate surface area is 110 Å². The number of hydrogen-bond donors (Lipinski definition) is 1. The van der Waals surface area contributed by atoms with Gasteiger partial charge in [-0.3, -0.25) is 4.68 Å². The van der Waals surface area contributed by atoms with E-state index in [1.54, 1.807) is 0 Å². The fourth-order valence-corrected chi connectivity index (χ4v) is 2.51. The van der Waals surface area contributed by atoms with Gasteiger partial charge in [0.2, 0.25) is 0 Å². The first kappa shape index (κ1) is 13.4. The first-order chi connectivity index (χ1) is 8.45.